The fourth-order valence-electron chi connectivity index (χ4n) is 9.12. The molecule has 402 valence electrons. The molecule has 0 aliphatic carbocycles. The number of esters is 1. The van der Waals surface area contributed by atoms with Gasteiger partial charge in [0.1, 0.15) is 6.10 Å². The van der Waals surface area contributed by atoms with E-state index in [0.717, 1.165) is 77.0 Å². The molecule has 0 aromatic carbocycles. The Balaban J connectivity index is 4.60. The fraction of sp³-hybridized carbons (Fsp3) is 0.810. The highest BCUT2D eigenvalue weighted by Crippen LogP contribution is 2.19. The van der Waals surface area contributed by atoms with Crippen LogP contribution in [0.4, 0.5) is 0 Å². The Morgan fingerprint density at radius 3 is 1.13 bits per heavy atom. The Morgan fingerprint density at radius 1 is 0.435 bits per heavy atom. The number of aliphatic hydroxyl groups excluding tert-OH is 2. The molecule has 0 aromatic rings. The molecule has 0 spiro atoms. The molecule has 0 heterocycles. The monoisotopic (exact) mass is 966 g/mol. The number of unbranched alkanes of at least 4 members (excludes halogenated alkanes) is 32. The average molecular weight is 967 g/mol. The summed E-state index contributed by atoms with van der Waals surface area (Å²) in [5, 5.41) is 23.9. The molecule has 0 radical (unpaired) electrons. The summed E-state index contributed by atoms with van der Waals surface area (Å²) in [4.78, 5) is 26.3. The van der Waals surface area contributed by atoms with Crippen LogP contribution in [-0.4, -0.2) is 46.9 Å². The van der Waals surface area contributed by atoms with Gasteiger partial charge in [-0.2, -0.15) is 0 Å². The summed E-state index contributed by atoms with van der Waals surface area (Å²) in [6, 6.07) is -0.714. The molecule has 0 aliphatic rings. The zero-order valence-electron chi connectivity index (χ0n) is 45.9. The molecule has 0 aliphatic heterocycles. The summed E-state index contributed by atoms with van der Waals surface area (Å²) >= 11 is 0. The third-order valence-corrected chi connectivity index (χ3v) is 13.6. The van der Waals surface area contributed by atoms with Gasteiger partial charge in [-0.15, -0.1) is 0 Å². The van der Waals surface area contributed by atoms with Crippen LogP contribution in [0.1, 0.15) is 303 Å². The second kappa shape index (κ2) is 56.5. The molecule has 0 aromatic heterocycles. The highest BCUT2D eigenvalue weighted by atomic mass is 16.5. The van der Waals surface area contributed by atoms with Gasteiger partial charge in [0.05, 0.1) is 25.2 Å². The lowest BCUT2D eigenvalue weighted by molar-refractivity contribution is -0.151. The predicted molar refractivity (Wildman–Crippen MR) is 301 cm³/mol. The van der Waals surface area contributed by atoms with Gasteiger partial charge in [-0.3, -0.25) is 9.59 Å². The number of ether oxygens (including phenoxy) is 1. The Bertz CT molecular complexity index is 1220. The summed E-state index contributed by atoms with van der Waals surface area (Å²) in [5.74, 6) is -0.530. The molecular weight excluding hydrogens is 851 g/mol. The summed E-state index contributed by atoms with van der Waals surface area (Å²) in [6.07, 6.45) is 71.5. The van der Waals surface area contributed by atoms with Crippen LogP contribution in [0.3, 0.4) is 0 Å². The first-order chi connectivity index (χ1) is 34.0. The van der Waals surface area contributed by atoms with Crippen molar-refractivity contribution in [1.29, 1.82) is 0 Å². The molecule has 6 nitrogen and oxygen atoms in total. The lowest BCUT2D eigenvalue weighted by Crippen LogP contribution is -2.46. The number of hydrogen-bond acceptors (Lipinski definition) is 5. The van der Waals surface area contributed by atoms with Gasteiger partial charge in [-0.25, -0.2) is 0 Å². The molecule has 0 saturated heterocycles. The van der Waals surface area contributed by atoms with Gasteiger partial charge in [-0.1, -0.05) is 287 Å². The first kappa shape index (κ1) is 66.6. The Kier molecular flexibility index (Phi) is 54.5. The van der Waals surface area contributed by atoms with Crippen LogP contribution >= 0.6 is 0 Å². The normalized spacial score (nSPS) is 13.5. The SMILES string of the molecule is CC/C=C\C/C=C\C/C=C\C/C=C\C/C=C\CCCC(=O)OC(CCCCCCCCCCCCCCCCCC)CC(=O)NC(CO)C(O)CCCCCCCCCCCCCCCCCCC. The van der Waals surface area contributed by atoms with Gasteiger partial charge in [-0.05, 0) is 64.2 Å². The van der Waals surface area contributed by atoms with Crippen molar-refractivity contribution >= 4 is 11.9 Å². The van der Waals surface area contributed by atoms with Crippen molar-refractivity contribution in [2.45, 2.75) is 322 Å². The standard InChI is InChI=1S/C63H115NO5/c1-4-7-10-13-16-19-22-25-28-31-34-37-40-43-46-49-52-55-61(66)60(58-65)64-62(67)57-59(54-51-48-45-42-39-36-33-30-27-24-21-18-15-12-9-6-3)69-63(68)56-53-50-47-44-41-38-35-32-29-26-23-20-17-14-11-8-5-2/h8,11,17,20,26,29,35,38,44,47,59-61,65-66H,4-7,9-10,12-16,18-19,21-25,27-28,30-34,36-37,39-43,45-46,48-58H2,1-3H3,(H,64,67)/b11-8-,20-17-,29-26-,38-35-,47-44-. The van der Waals surface area contributed by atoms with Crippen molar-refractivity contribution in [3.63, 3.8) is 0 Å². The zero-order valence-corrected chi connectivity index (χ0v) is 45.9. The molecule has 69 heavy (non-hydrogen) atoms. The van der Waals surface area contributed by atoms with Crippen molar-refractivity contribution in [1.82, 2.24) is 5.32 Å². The van der Waals surface area contributed by atoms with E-state index in [0.29, 0.717) is 25.7 Å². The molecule has 1 amide bonds. The van der Waals surface area contributed by atoms with Crippen LogP contribution < -0.4 is 5.32 Å². The topological polar surface area (TPSA) is 95.9 Å². The molecule has 0 saturated carbocycles. The number of nitrogens with one attached hydrogen (secondary N) is 1. The van der Waals surface area contributed by atoms with E-state index in [4.69, 9.17) is 4.74 Å². The number of aliphatic hydroxyl groups is 2. The van der Waals surface area contributed by atoms with Gasteiger partial charge in [0.25, 0.3) is 0 Å². The van der Waals surface area contributed by atoms with Gasteiger partial charge in [0, 0.05) is 6.42 Å². The summed E-state index contributed by atoms with van der Waals surface area (Å²) < 4.78 is 5.94. The molecule has 6 heteroatoms. The van der Waals surface area contributed by atoms with Gasteiger partial charge < -0.3 is 20.3 Å². The average Bonchev–Trinajstić information content (AvgIpc) is 3.34. The number of rotatable bonds is 54. The third-order valence-electron chi connectivity index (χ3n) is 13.6. The number of hydrogen-bond donors (Lipinski definition) is 3. The largest absolute Gasteiger partial charge is 0.462 e. The number of carbonyl (C=O) groups is 2. The van der Waals surface area contributed by atoms with Crippen LogP contribution in [-0.2, 0) is 14.3 Å². The minimum atomic E-state index is -0.799. The van der Waals surface area contributed by atoms with E-state index in [1.54, 1.807) is 0 Å². The minimum absolute atomic E-state index is 0.0571. The van der Waals surface area contributed by atoms with Crippen LogP contribution in [0.15, 0.2) is 60.8 Å². The van der Waals surface area contributed by atoms with Crippen molar-refractivity contribution in [2.24, 2.45) is 0 Å². The number of carbonyl (C=O) groups excluding carboxylic acids is 2. The first-order valence-electron chi connectivity index (χ1n) is 30.0. The molecular formula is C63H115NO5. The van der Waals surface area contributed by atoms with Crippen LogP contribution in [0.25, 0.3) is 0 Å². The molecule has 3 unspecified atom stereocenters. The maximum absolute atomic E-state index is 13.3. The lowest BCUT2D eigenvalue weighted by atomic mass is 10.0. The Labute approximate surface area is 428 Å². The quantitative estimate of drug-likeness (QED) is 0.0321. The smallest absolute Gasteiger partial charge is 0.306 e. The number of amides is 1. The predicted octanol–water partition coefficient (Wildman–Crippen LogP) is 18.7. The van der Waals surface area contributed by atoms with E-state index in [1.165, 1.54) is 173 Å². The maximum atomic E-state index is 13.3. The highest BCUT2D eigenvalue weighted by molar-refractivity contribution is 5.77. The van der Waals surface area contributed by atoms with Crippen molar-refractivity contribution in [3.05, 3.63) is 60.8 Å². The van der Waals surface area contributed by atoms with Crippen molar-refractivity contribution in [2.75, 3.05) is 6.61 Å². The fourth-order valence-corrected chi connectivity index (χ4v) is 9.12. The first-order valence-corrected chi connectivity index (χ1v) is 30.0. The molecule has 0 bridgehead atoms. The molecule has 3 atom stereocenters. The highest BCUT2D eigenvalue weighted by Gasteiger charge is 2.24. The minimum Gasteiger partial charge on any atom is -0.462 e. The van der Waals surface area contributed by atoms with Crippen molar-refractivity contribution < 1.29 is 24.5 Å². The summed E-state index contributed by atoms with van der Waals surface area (Å²) in [5.41, 5.74) is 0. The number of allylic oxidation sites excluding steroid dienone is 10. The Hall–Kier alpha value is -2.44. The van der Waals surface area contributed by atoms with Gasteiger partial charge in [0.2, 0.25) is 5.91 Å². The molecule has 3 N–H and O–H groups in total. The van der Waals surface area contributed by atoms with E-state index < -0.39 is 18.2 Å². The van der Waals surface area contributed by atoms with E-state index >= 15 is 0 Å². The Morgan fingerprint density at radius 2 is 0.768 bits per heavy atom. The van der Waals surface area contributed by atoms with Gasteiger partial charge in [0.15, 0.2) is 0 Å². The van der Waals surface area contributed by atoms with Crippen LogP contribution in [0.5, 0.6) is 0 Å². The van der Waals surface area contributed by atoms with E-state index in [2.05, 4.69) is 86.8 Å². The second-order valence-corrected chi connectivity index (χ2v) is 20.4. The summed E-state index contributed by atoms with van der Waals surface area (Å²) in [6.45, 7) is 6.40. The third kappa shape index (κ3) is 51.7. The zero-order chi connectivity index (χ0) is 50.2. The summed E-state index contributed by atoms with van der Waals surface area (Å²) in [7, 11) is 0. The second-order valence-electron chi connectivity index (χ2n) is 20.4. The maximum Gasteiger partial charge on any atom is 0.306 e. The van der Waals surface area contributed by atoms with E-state index in [-0.39, 0.29) is 24.9 Å². The molecule has 0 rings (SSSR count). The molecule has 0 fully saturated rings. The van der Waals surface area contributed by atoms with Gasteiger partial charge >= 0.3 is 5.97 Å². The van der Waals surface area contributed by atoms with E-state index in [9.17, 15) is 19.8 Å². The lowest BCUT2D eigenvalue weighted by Gasteiger charge is -2.24. The van der Waals surface area contributed by atoms with Crippen molar-refractivity contribution in [3.8, 4) is 0 Å². The van der Waals surface area contributed by atoms with E-state index in [1.807, 2.05) is 0 Å². The van der Waals surface area contributed by atoms with Crippen LogP contribution in [0.2, 0.25) is 0 Å². The van der Waals surface area contributed by atoms with Crippen LogP contribution in [0, 0.1) is 0 Å².